The van der Waals surface area contributed by atoms with E-state index in [4.69, 9.17) is 0 Å². The number of rotatable bonds is 11. The summed E-state index contributed by atoms with van der Waals surface area (Å²) < 4.78 is 42.0. The van der Waals surface area contributed by atoms with Crippen molar-refractivity contribution in [2.45, 2.75) is 37.5 Å². The first kappa shape index (κ1) is 28.8. The van der Waals surface area contributed by atoms with Gasteiger partial charge >= 0.3 is 12.4 Å². The molecular formula is C29H31F3N4O4. The van der Waals surface area contributed by atoms with Crippen LogP contribution in [0.25, 0.3) is 0 Å². The summed E-state index contributed by atoms with van der Waals surface area (Å²) in [6, 6.07) is 22.2. The topological polar surface area (TPSA) is 94.1 Å². The molecule has 0 bridgehead atoms. The van der Waals surface area contributed by atoms with Crippen LogP contribution in [0.3, 0.4) is 0 Å². The number of aliphatic hydroxyl groups is 1. The van der Waals surface area contributed by atoms with Crippen molar-refractivity contribution in [2.75, 3.05) is 25.0 Å². The van der Waals surface area contributed by atoms with Crippen LogP contribution < -0.4 is 20.3 Å². The highest BCUT2D eigenvalue weighted by atomic mass is 19.4. The van der Waals surface area contributed by atoms with Gasteiger partial charge in [-0.3, -0.25) is 4.79 Å². The summed E-state index contributed by atoms with van der Waals surface area (Å²) >= 11 is 0. The minimum Gasteiger partial charge on any atom is -0.406 e. The summed E-state index contributed by atoms with van der Waals surface area (Å²) in [5.41, 5.74) is 2.20. The Balaban J connectivity index is 1.43. The number of hydrogen-bond donors (Lipinski definition) is 3. The smallest absolute Gasteiger partial charge is 0.406 e. The van der Waals surface area contributed by atoms with E-state index in [0.717, 1.165) is 11.1 Å². The third-order valence-corrected chi connectivity index (χ3v) is 6.56. The average Bonchev–Trinajstić information content (AvgIpc) is 3.28. The molecular weight excluding hydrogens is 525 g/mol. The van der Waals surface area contributed by atoms with Crippen molar-refractivity contribution in [2.24, 2.45) is 0 Å². The molecule has 1 aliphatic heterocycles. The van der Waals surface area contributed by atoms with Crippen LogP contribution in [0.15, 0.2) is 84.9 Å². The van der Waals surface area contributed by atoms with E-state index in [1.165, 1.54) is 18.2 Å². The fourth-order valence-electron chi connectivity index (χ4n) is 4.54. The summed E-state index contributed by atoms with van der Waals surface area (Å²) in [6.45, 7) is 0.526. The van der Waals surface area contributed by atoms with E-state index in [0.29, 0.717) is 18.7 Å². The van der Waals surface area contributed by atoms with Crippen LogP contribution in [0.5, 0.6) is 5.75 Å². The molecule has 3 aromatic carbocycles. The van der Waals surface area contributed by atoms with E-state index >= 15 is 0 Å². The number of urea groups is 1. The second-order valence-electron chi connectivity index (χ2n) is 9.67. The van der Waals surface area contributed by atoms with Gasteiger partial charge in [-0.2, -0.15) is 0 Å². The molecule has 1 fully saturated rings. The molecule has 40 heavy (non-hydrogen) atoms. The second-order valence-corrected chi connectivity index (χ2v) is 9.67. The van der Waals surface area contributed by atoms with E-state index in [1.54, 1.807) is 22.9 Å². The van der Waals surface area contributed by atoms with Crippen molar-refractivity contribution >= 4 is 17.6 Å². The van der Waals surface area contributed by atoms with E-state index in [9.17, 15) is 27.9 Å². The fraction of sp³-hybridized carbons (Fsp3) is 0.310. The maximum Gasteiger partial charge on any atom is 0.573 e. The first-order valence-electron chi connectivity index (χ1n) is 12.8. The number of carbonyl (C=O) groups is 2. The number of anilines is 1. The predicted molar refractivity (Wildman–Crippen MR) is 144 cm³/mol. The molecule has 0 aromatic heterocycles. The first-order chi connectivity index (χ1) is 19.1. The van der Waals surface area contributed by atoms with Gasteiger partial charge in [-0.05, 0) is 29.7 Å². The Morgan fingerprint density at radius 1 is 1.07 bits per heavy atom. The Labute approximate surface area is 230 Å². The molecule has 3 aromatic rings. The number of nitrogens with zero attached hydrogens (tertiary/aromatic N) is 2. The number of halogens is 3. The minimum absolute atomic E-state index is 0.00437. The Morgan fingerprint density at radius 3 is 2.38 bits per heavy atom. The van der Waals surface area contributed by atoms with E-state index in [1.807, 2.05) is 60.7 Å². The zero-order chi connectivity index (χ0) is 28.7. The van der Waals surface area contributed by atoms with Crippen LogP contribution in [0.1, 0.15) is 11.1 Å². The van der Waals surface area contributed by atoms with E-state index < -0.39 is 30.5 Å². The summed E-state index contributed by atoms with van der Waals surface area (Å²) in [6.07, 6.45) is -5.62. The lowest BCUT2D eigenvalue weighted by molar-refractivity contribution is -0.274. The van der Waals surface area contributed by atoms with Crippen molar-refractivity contribution in [3.05, 3.63) is 96.1 Å². The highest BCUT2D eigenvalue weighted by molar-refractivity contribution is 5.90. The maximum atomic E-state index is 13.2. The van der Waals surface area contributed by atoms with Crippen LogP contribution in [0, 0.1) is 0 Å². The van der Waals surface area contributed by atoms with Crippen molar-refractivity contribution in [3.8, 4) is 5.75 Å². The van der Waals surface area contributed by atoms with E-state index in [-0.39, 0.29) is 24.9 Å². The lowest BCUT2D eigenvalue weighted by Crippen LogP contribution is -2.53. The fourth-order valence-corrected chi connectivity index (χ4v) is 4.54. The van der Waals surface area contributed by atoms with Gasteiger partial charge in [0.25, 0.3) is 0 Å². The molecule has 0 saturated carbocycles. The molecule has 3 N–H and O–H groups in total. The summed E-state index contributed by atoms with van der Waals surface area (Å²) in [7, 11) is 1.62. The van der Waals surface area contributed by atoms with Crippen LogP contribution in [-0.4, -0.2) is 66.6 Å². The molecule has 0 aliphatic carbocycles. The Morgan fingerprint density at radius 2 is 1.73 bits per heavy atom. The largest absolute Gasteiger partial charge is 0.573 e. The van der Waals surface area contributed by atoms with Gasteiger partial charge in [0.15, 0.2) is 0 Å². The van der Waals surface area contributed by atoms with Crippen LogP contribution in [-0.2, 0) is 17.8 Å². The highest BCUT2D eigenvalue weighted by Crippen LogP contribution is 2.26. The SMILES string of the molecule is CN(C[C@@H](O)[C@H](Cc1ccccc1)NC(=O)C1CN(Cc2ccccc2)C(=O)N1)c1cccc(OC(F)(F)F)c1. The zero-order valence-corrected chi connectivity index (χ0v) is 21.8. The van der Waals surface area contributed by atoms with Crippen molar-refractivity contribution in [1.82, 2.24) is 15.5 Å². The van der Waals surface area contributed by atoms with Gasteiger partial charge in [0, 0.05) is 31.9 Å². The van der Waals surface area contributed by atoms with Crippen LogP contribution >= 0.6 is 0 Å². The van der Waals surface area contributed by atoms with E-state index in [2.05, 4.69) is 15.4 Å². The van der Waals surface area contributed by atoms with Gasteiger partial charge < -0.3 is 30.3 Å². The summed E-state index contributed by atoms with van der Waals surface area (Å²) in [4.78, 5) is 28.9. The molecule has 1 unspecified atom stereocenters. The predicted octanol–water partition coefficient (Wildman–Crippen LogP) is 3.70. The van der Waals surface area contributed by atoms with Crippen molar-refractivity contribution < 1.29 is 32.6 Å². The second kappa shape index (κ2) is 12.7. The number of hydrogen-bond acceptors (Lipinski definition) is 5. The molecule has 1 saturated heterocycles. The van der Waals surface area contributed by atoms with Crippen LogP contribution in [0.4, 0.5) is 23.7 Å². The summed E-state index contributed by atoms with van der Waals surface area (Å²) in [5, 5.41) is 16.8. The molecule has 1 aliphatic rings. The van der Waals surface area contributed by atoms with Crippen molar-refractivity contribution in [3.63, 3.8) is 0 Å². The standard InChI is InChI=1S/C29H31F3N4O4/c1-35(22-13-8-14-23(16-22)40-29(30,31)32)19-26(37)24(15-20-9-4-2-5-10-20)33-27(38)25-18-36(28(39)34-25)17-21-11-6-3-7-12-21/h2-14,16,24-26,37H,15,17-19H2,1H3,(H,33,38)(H,34,39)/t24-,25?,26+/m0/s1. The molecule has 11 heteroatoms. The molecule has 3 atom stereocenters. The van der Waals surface area contributed by atoms with Crippen LogP contribution in [0.2, 0.25) is 0 Å². The number of carbonyl (C=O) groups excluding carboxylic acids is 2. The Hall–Kier alpha value is -4.25. The normalized spacial score (nSPS) is 16.7. The molecule has 8 nitrogen and oxygen atoms in total. The Kier molecular flexibility index (Phi) is 9.15. The molecule has 3 amide bonds. The summed E-state index contributed by atoms with van der Waals surface area (Å²) in [5.74, 6) is -0.815. The van der Waals surface area contributed by atoms with Gasteiger partial charge in [-0.25, -0.2) is 4.79 Å². The minimum atomic E-state index is -4.83. The first-order valence-corrected chi connectivity index (χ1v) is 12.8. The maximum absolute atomic E-state index is 13.2. The van der Waals surface area contributed by atoms with Gasteiger partial charge in [-0.15, -0.1) is 13.2 Å². The number of amides is 3. The molecule has 4 rings (SSSR count). The number of likely N-dealkylation sites (N-methyl/N-ethyl adjacent to an activating group) is 1. The van der Waals surface area contributed by atoms with Gasteiger partial charge in [-0.1, -0.05) is 66.7 Å². The lowest BCUT2D eigenvalue weighted by Gasteiger charge is -2.30. The van der Waals surface area contributed by atoms with Gasteiger partial charge in [0.2, 0.25) is 5.91 Å². The number of aliphatic hydroxyl groups excluding tert-OH is 1. The molecule has 0 spiro atoms. The average molecular weight is 557 g/mol. The third-order valence-electron chi connectivity index (χ3n) is 6.56. The lowest BCUT2D eigenvalue weighted by atomic mass is 10.00. The quantitative estimate of drug-likeness (QED) is 0.335. The molecule has 212 valence electrons. The number of ether oxygens (including phenoxy) is 1. The number of nitrogens with one attached hydrogen (secondary N) is 2. The molecule has 0 radical (unpaired) electrons. The third kappa shape index (κ3) is 8.12. The number of benzene rings is 3. The number of alkyl halides is 3. The highest BCUT2D eigenvalue weighted by Gasteiger charge is 2.35. The molecule has 1 heterocycles. The van der Waals surface area contributed by atoms with Gasteiger partial charge in [0.05, 0.1) is 18.7 Å². The van der Waals surface area contributed by atoms with Gasteiger partial charge in [0.1, 0.15) is 11.8 Å². The monoisotopic (exact) mass is 556 g/mol. The zero-order valence-electron chi connectivity index (χ0n) is 21.8. The Bertz CT molecular complexity index is 1280. The van der Waals surface area contributed by atoms with Crippen molar-refractivity contribution in [1.29, 1.82) is 0 Å².